The summed E-state index contributed by atoms with van der Waals surface area (Å²) in [6.45, 7) is 11.7. The van der Waals surface area contributed by atoms with Crippen molar-refractivity contribution in [3.8, 4) is 0 Å². The Labute approximate surface area is 178 Å². The molecule has 0 saturated carbocycles. The van der Waals surface area contributed by atoms with E-state index < -0.39 is 47.8 Å². The van der Waals surface area contributed by atoms with E-state index in [1.54, 1.807) is 18.2 Å². The van der Waals surface area contributed by atoms with Crippen LogP contribution in [0.4, 0.5) is 0 Å². The highest BCUT2D eigenvalue weighted by Crippen LogP contribution is 2.48. The first-order valence-electron chi connectivity index (χ1n) is 9.65. The van der Waals surface area contributed by atoms with Crippen molar-refractivity contribution in [1.82, 2.24) is 4.31 Å². The van der Waals surface area contributed by atoms with Crippen LogP contribution in [0.2, 0.25) is 19.6 Å². The van der Waals surface area contributed by atoms with Crippen LogP contribution in [0.15, 0.2) is 53.5 Å². The fourth-order valence-corrected chi connectivity index (χ4v) is 7.12. The minimum absolute atomic E-state index is 0.00599. The molecule has 30 heavy (non-hydrogen) atoms. The van der Waals surface area contributed by atoms with E-state index >= 15 is 0 Å². The molecular weight excluding hydrogens is 422 g/mol. The summed E-state index contributed by atoms with van der Waals surface area (Å²) >= 11 is 0. The lowest BCUT2D eigenvalue weighted by molar-refractivity contribution is -0.146. The van der Waals surface area contributed by atoms with Gasteiger partial charge in [0.2, 0.25) is 5.91 Å². The van der Waals surface area contributed by atoms with Gasteiger partial charge in [-0.15, -0.1) is 6.58 Å². The Morgan fingerprint density at radius 3 is 2.37 bits per heavy atom. The molecule has 0 aromatic heterocycles. The SMILES string of the molecule is C=CC1(O[Si](C)(C)C)C[C@@H]2C(C(=O)OC)=C[C@H]1C(=O)N2S(=O)(=O)c1ccc(C)cc1. The number of carbonyl (C=O) groups excluding carboxylic acids is 2. The normalized spacial score (nSPS) is 26.4. The van der Waals surface area contributed by atoms with Crippen LogP contribution in [0, 0.1) is 12.8 Å². The molecule has 1 aromatic rings. The van der Waals surface area contributed by atoms with Gasteiger partial charge in [-0.2, -0.15) is 0 Å². The number of methoxy groups -OCH3 is 1. The number of nitrogens with zero attached hydrogens (tertiary/aromatic N) is 1. The number of amides is 1. The standard InChI is InChI=1S/C21H27NO6SSi/c1-7-21(28-30(4,5)6)13-18-16(20(24)27-3)12-17(21)19(23)22(18)29(25,26)15-10-8-14(2)9-11-15/h7-12,17-18H,1,13H2,2-6H3/t17-,18+,21?/m0/s1. The van der Waals surface area contributed by atoms with Crippen molar-refractivity contribution in [2.24, 2.45) is 5.92 Å². The minimum Gasteiger partial charge on any atom is -0.466 e. The maximum absolute atomic E-state index is 13.4. The second kappa shape index (κ2) is 7.47. The van der Waals surface area contributed by atoms with Gasteiger partial charge in [-0.3, -0.25) is 4.79 Å². The van der Waals surface area contributed by atoms with Crippen molar-refractivity contribution < 1.29 is 27.2 Å². The van der Waals surface area contributed by atoms with Gasteiger partial charge in [-0.1, -0.05) is 29.8 Å². The zero-order valence-electron chi connectivity index (χ0n) is 17.8. The second-order valence-electron chi connectivity index (χ2n) is 8.64. The largest absolute Gasteiger partial charge is 0.466 e. The monoisotopic (exact) mass is 449 g/mol. The molecule has 3 aliphatic rings. The van der Waals surface area contributed by atoms with Crippen molar-refractivity contribution in [2.75, 3.05) is 7.11 Å². The first-order valence-corrected chi connectivity index (χ1v) is 14.5. The molecule has 1 saturated heterocycles. The highest BCUT2D eigenvalue weighted by molar-refractivity contribution is 7.89. The summed E-state index contributed by atoms with van der Waals surface area (Å²) in [7, 11) is -5.09. The van der Waals surface area contributed by atoms with Crippen LogP contribution in [-0.4, -0.2) is 51.7 Å². The molecule has 2 heterocycles. The van der Waals surface area contributed by atoms with E-state index in [0.717, 1.165) is 9.87 Å². The van der Waals surface area contributed by atoms with E-state index in [1.165, 1.54) is 25.3 Å². The number of hydrogen-bond acceptors (Lipinski definition) is 6. The molecule has 1 aromatic carbocycles. The summed E-state index contributed by atoms with van der Waals surface area (Å²) in [6.07, 6.45) is 3.18. The number of esters is 1. The smallest absolute Gasteiger partial charge is 0.335 e. The molecule has 3 atom stereocenters. The number of sulfonamides is 1. The number of ether oxygens (including phenoxy) is 1. The van der Waals surface area contributed by atoms with E-state index in [1.807, 2.05) is 26.6 Å². The molecule has 162 valence electrons. The highest BCUT2D eigenvalue weighted by atomic mass is 32.2. The molecule has 1 aliphatic carbocycles. The van der Waals surface area contributed by atoms with Crippen LogP contribution < -0.4 is 0 Å². The Bertz CT molecular complexity index is 1020. The fourth-order valence-electron chi connectivity index (χ4n) is 4.11. The van der Waals surface area contributed by atoms with Gasteiger partial charge in [-0.25, -0.2) is 17.5 Å². The summed E-state index contributed by atoms with van der Waals surface area (Å²) in [4.78, 5) is 25.8. The fraction of sp³-hybridized carbons (Fsp3) is 0.429. The van der Waals surface area contributed by atoms with Crippen LogP contribution in [0.25, 0.3) is 0 Å². The second-order valence-corrected chi connectivity index (χ2v) is 14.9. The number of fused-ring (bicyclic) bond motifs is 2. The van der Waals surface area contributed by atoms with E-state index in [9.17, 15) is 18.0 Å². The van der Waals surface area contributed by atoms with E-state index in [0.29, 0.717) is 0 Å². The van der Waals surface area contributed by atoms with Gasteiger partial charge >= 0.3 is 5.97 Å². The molecule has 1 fully saturated rings. The van der Waals surface area contributed by atoms with Crippen molar-refractivity contribution in [2.45, 2.75) is 49.5 Å². The van der Waals surface area contributed by atoms with Crippen molar-refractivity contribution in [3.05, 3.63) is 54.1 Å². The lowest BCUT2D eigenvalue weighted by Crippen LogP contribution is -2.66. The lowest BCUT2D eigenvalue weighted by atomic mass is 9.70. The number of piperidine rings is 1. The third-order valence-electron chi connectivity index (χ3n) is 5.35. The van der Waals surface area contributed by atoms with E-state index in [4.69, 9.17) is 9.16 Å². The molecule has 2 bridgehead atoms. The van der Waals surface area contributed by atoms with Crippen molar-refractivity contribution >= 4 is 30.2 Å². The van der Waals surface area contributed by atoms with Gasteiger partial charge in [0.1, 0.15) is 0 Å². The maximum Gasteiger partial charge on any atom is 0.335 e. The molecular formula is C21H27NO6SSi. The Kier molecular flexibility index (Phi) is 5.59. The molecule has 4 rings (SSSR count). The Balaban J connectivity index is 2.15. The third-order valence-corrected chi connectivity index (χ3v) is 8.16. The summed E-state index contributed by atoms with van der Waals surface area (Å²) in [6, 6.07) is 5.22. The molecule has 0 radical (unpaired) electrons. The van der Waals surface area contributed by atoms with E-state index in [-0.39, 0.29) is 16.9 Å². The van der Waals surface area contributed by atoms with Gasteiger partial charge in [0.15, 0.2) is 8.32 Å². The Morgan fingerprint density at radius 2 is 1.87 bits per heavy atom. The molecule has 0 N–H and O–H groups in total. The Morgan fingerprint density at radius 1 is 1.27 bits per heavy atom. The quantitative estimate of drug-likeness (QED) is 0.377. The van der Waals surface area contributed by atoms with Gasteiger partial charge in [0.25, 0.3) is 10.0 Å². The average Bonchev–Trinajstić information content (AvgIpc) is 2.66. The lowest BCUT2D eigenvalue weighted by Gasteiger charge is -2.53. The van der Waals surface area contributed by atoms with Gasteiger partial charge in [0, 0.05) is 6.42 Å². The first-order chi connectivity index (χ1) is 13.9. The minimum atomic E-state index is -4.18. The Hall–Kier alpha value is -2.23. The predicted octanol–water partition coefficient (Wildman–Crippen LogP) is 2.79. The van der Waals surface area contributed by atoms with Crippen LogP contribution >= 0.6 is 0 Å². The predicted molar refractivity (Wildman–Crippen MR) is 115 cm³/mol. The average molecular weight is 450 g/mol. The summed E-state index contributed by atoms with van der Waals surface area (Å²) in [5, 5.41) is 0. The third kappa shape index (κ3) is 3.65. The summed E-state index contributed by atoms with van der Waals surface area (Å²) in [5.74, 6) is -2.27. The van der Waals surface area contributed by atoms with Crippen molar-refractivity contribution in [1.29, 1.82) is 0 Å². The number of rotatable bonds is 6. The highest BCUT2D eigenvalue weighted by Gasteiger charge is 2.60. The molecule has 7 nitrogen and oxygen atoms in total. The van der Waals surface area contributed by atoms with Gasteiger partial charge < -0.3 is 9.16 Å². The first kappa shape index (κ1) is 22.5. The zero-order valence-corrected chi connectivity index (χ0v) is 19.7. The molecule has 1 unspecified atom stereocenters. The van der Waals surface area contributed by atoms with Crippen LogP contribution in [-0.2, 0) is 28.8 Å². The van der Waals surface area contributed by atoms with Gasteiger partial charge in [-0.05, 0) is 38.7 Å². The zero-order chi connectivity index (χ0) is 22.5. The molecule has 2 aliphatic heterocycles. The number of hydrogen-bond donors (Lipinski definition) is 0. The van der Waals surface area contributed by atoms with Crippen molar-refractivity contribution in [3.63, 3.8) is 0 Å². The number of benzene rings is 1. The summed E-state index contributed by atoms with van der Waals surface area (Å²) < 4.78 is 38.8. The van der Waals surface area contributed by atoms with Crippen LogP contribution in [0.3, 0.4) is 0 Å². The van der Waals surface area contributed by atoms with Crippen LogP contribution in [0.5, 0.6) is 0 Å². The number of aryl methyl sites for hydroxylation is 1. The van der Waals surface area contributed by atoms with Crippen LogP contribution in [0.1, 0.15) is 12.0 Å². The van der Waals surface area contributed by atoms with E-state index in [2.05, 4.69) is 6.58 Å². The molecule has 1 amide bonds. The summed E-state index contributed by atoms with van der Waals surface area (Å²) in [5.41, 5.74) is -0.0255. The maximum atomic E-state index is 13.4. The van der Waals surface area contributed by atoms with Gasteiger partial charge in [0.05, 0.1) is 35.1 Å². The number of carbonyl (C=O) groups is 2. The molecule has 0 spiro atoms. The topological polar surface area (TPSA) is 90.0 Å². The molecule has 9 heteroatoms.